The summed E-state index contributed by atoms with van der Waals surface area (Å²) in [5.74, 6) is 12.3. The van der Waals surface area contributed by atoms with Gasteiger partial charge in [-0.25, -0.2) is 0 Å². The summed E-state index contributed by atoms with van der Waals surface area (Å²) in [6.45, 7) is 0. The number of benzene rings is 3. The maximum absolute atomic E-state index is 12.3. The van der Waals surface area contributed by atoms with E-state index in [-0.39, 0.29) is 5.75 Å². The smallest absolute Gasteiger partial charge is 0.497 e. The molecule has 0 aliphatic heterocycles. The van der Waals surface area contributed by atoms with Crippen molar-refractivity contribution >= 4 is 0 Å². The van der Waals surface area contributed by atoms with Crippen LogP contribution in [-0.4, -0.2) is 13.5 Å². The summed E-state index contributed by atoms with van der Waals surface area (Å²) in [5, 5.41) is 0. The number of hydrogen-bond donors (Lipinski definition) is 0. The Labute approximate surface area is 166 Å². The van der Waals surface area contributed by atoms with Gasteiger partial charge >= 0.3 is 6.36 Å². The van der Waals surface area contributed by atoms with Gasteiger partial charge in [0, 0.05) is 22.3 Å². The average molecular weight is 392 g/mol. The second-order valence-electron chi connectivity index (χ2n) is 5.88. The quantitative estimate of drug-likeness (QED) is 0.544. The van der Waals surface area contributed by atoms with Crippen LogP contribution in [0.4, 0.5) is 13.2 Å². The minimum absolute atomic E-state index is 0.299. The molecule has 3 aromatic carbocycles. The van der Waals surface area contributed by atoms with Crippen molar-refractivity contribution < 1.29 is 22.6 Å². The van der Waals surface area contributed by atoms with Crippen LogP contribution in [0.3, 0.4) is 0 Å². The lowest BCUT2D eigenvalue weighted by Gasteiger charge is -2.08. The Kier molecular flexibility index (Phi) is 6.12. The fraction of sp³-hybridized carbons (Fsp3) is 0.0833. The van der Waals surface area contributed by atoms with Crippen molar-refractivity contribution in [3.8, 4) is 35.2 Å². The maximum atomic E-state index is 12.3. The van der Waals surface area contributed by atoms with Crippen LogP contribution in [0.5, 0.6) is 11.5 Å². The lowest BCUT2D eigenvalue weighted by atomic mass is 10.1. The predicted octanol–water partition coefficient (Wildman–Crippen LogP) is 5.39. The number of methoxy groups -OCH3 is 1. The fourth-order valence-corrected chi connectivity index (χ4v) is 2.40. The lowest BCUT2D eigenvalue weighted by molar-refractivity contribution is -0.274. The summed E-state index contributed by atoms with van der Waals surface area (Å²) in [7, 11) is 1.60. The number of ether oxygens (including phenoxy) is 2. The summed E-state index contributed by atoms with van der Waals surface area (Å²) in [4.78, 5) is 0. The van der Waals surface area contributed by atoms with Gasteiger partial charge in [-0.1, -0.05) is 35.8 Å². The first-order chi connectivity index (χ1) is 13.9. The molecule has 0 radical (unpaired) electrons. The third-order valence-corrected chi connectivity index (χ3v) is 3.72. The summed E-state index contributed by atoms with van der Waals surface area (Å²) < 4.78 is 46.0. The van der Waals surface area contributed by atoms with Crippen molar-refractivity contribution in [2.75, 3.05) is 7.11 Å². The molecule has 0 fully saturated rings. The largest absolute Gasteiger partial charge is 0.573 e. The van der Waals surface area contributed by atoms with Crippen LogP contribution in [0.25, 0.3) is 0 Å². The van der Waals surface area contributed by atoms with E-state index < -0.39 is 6.36 Å². The molecule has 0 N–H and O–H groups in total. The zero-order valence-electron chi connectivity index (χ0n) is 15.4. The van der Waals surface area contributed by atoms with Crippen LogP contribution < -0.4 is 9.47 Å². The molecule has 144 valence electrons. The van der Waals surface area contributed by atoms with Crippen molar-refractivity contribution in [3.05, 3.63) is 95.1 Å². The molecule has 2 nitrogen and oxygen atoms in total. The van der Waals surface area contributed by atoms with Gasteiger partial charge in [-0.3, -0.25) is 0 Å². The zero-order valence-corrected chi connectivity index (χ0v) is 15.4. The SMILES string of the molecule is COc1cccc(C#Cc2ccc(C#Cc3cccc(OC(F)(F)F)c3)cc2)c1. The normalized spacial score (nSPS) is 10.2. The van der Waals surface area contributed by atoms with Crippen LogP contribution in [0, 0.1) is 23.7 Å². The van der Waals surface area contributed by atoms with Crippen LogP contribution in [-0.2, 0) is 0 Å². The second kappa shape index (κ2) is 8.91. The highest BCUT2D eigenvalue weighted by Crippen LogP contribution is 2.23. The first kappa shape index (κ1) is 19.9. The molecule has 3 rings (SSSR count). The molecule has 0 bridgehead atoms. The van der Waals surface area contributed by atoms with Gasteiger partial charge < -0.3 is 9.47 Å². The van der Waals surface area contributed by atoms with E-state index >= 15 is 0 Å². The first-order valence-corrected chi connectivity index (χ1v) is 8.55. The van der Waals surface area contributed by atoms with Crippen LogP contribution in [0.1, 0.15) is 22.3 Å². The molecule has 0 saturated heterocycles. The van der Waals surface area contributed by atoms with Crippen molar-refractivity contribution in [1.82, 2.24) is 0 Å². The fourth-order valence-electron chi connectivity index (χ4n) is 2.40. The van der Waals surface area contributed by atoms with Gasteiger partial charge in [0.05, 0.1) is 7.11 Å². The molecule has 5 heteroatoms. The minimum atomic E-state index is -4.73. The number of alkyl halides is 3. The van der Waals surface area contributed by atoms with Gasteiger partial charge in [-0.15, -0.1) is 13.2 Å². The van der Waals surface area contributed by atoms with Crippen LogP contribution in [0.15, 0.2) is 72.8 Å². The van der Waals surface area contributed by atoms with E-state index in [0.717, 1.165) is 22.4 Å². The predicted molar refractivity (Wildman–Crippen MR) is 105 cm³/mol. The number of rotatable bonds is 2. The van der Waals surface area contributed by atoms with Gasteiger partial charge in [0.15, 0.2) is 0 Å². The van der Waals surface area contributed by atoms with E-state index in [9.17, 15) is 13.2 Å². The summed E-state index contributed by atoms with van der Waals surface area (Å²) in [5.41, 5.74) is 2.81. The van der Waals surface area contributed by atoms with E-state index in [2.05, 4.69) is 28.4 Å². The molecule has 29 heavy (non-hydrogen) atoms. The topological polar surface area (TPSA) is 18.5 Å². The number of hydrogen-bond acceptors (Lipinski definition) is 2. The molecular weight excluding hydrogens is 377 g/mol. The van der Waals surface area contributed by atoms with E-state index in [4.69, 9.17) is 4.74 Å². The van der Waals surface area contributed by atoms with Crippen molar-refractivity contribution in [3.63, 3.8) is 0 Å². The highest BCUT2D eigenvalue weighted by molar-refractivity contribution is 5.49. The van der Waals surface area contributed by atoms with E-state index in [1.54, 1.807) is 25.3 Å². The summed E-state index contributed by atoms with van der Waals surface area (Å²) in [6.07, 6.45) is -4.73. The van der Waals surface area contributed by atoms with Gasteiger partial charge in [-0.2, -0.15) is 0 Å². The van der Waals surface area contributed by atoms with Crippen molar-refractivity contribution in [2.24, 2.45) is 0 Å². The van der Waals surface area contributed by atoms with E-state index in [0.29, 0.717) is 5.56 Å². The van der Waals surface area contributed by atoms with E-state index in [1.165, 1.54) is 18.2 Å². The molecule has 0 heterocycles. The third-order valence-electron chi connectivity index (χ3n) is 3.72. The molecule has 0 aliphatic carbocycles. The second-order valence-corrected chi connectivity index (χ2v) is 5.88. The Morgan fingerprint density at radius 1 is 0.621 bits per heavy atom. The Bertz CT molecular complexity index is 1110. The van der Waals surface area contributed by atoms with Gasteiger partial charge in [0.25, 0.3) is 0 Å². The monoisotopic (exact) mass is 392 g/mol. The van der Waals surface area contributed by atoms with Gasteiger partial charge in [0.2, 0.25) is 0 Å². The van der Waals surface area contributed by atoms with E-state index in [1.807, 2.05) is 36.4 Å². The first-order valence-electron chi connectivity index (χ1n) is 8.55. The molecule has 3 aromatic rings. The standard InChI is InChI=1S/C24H15F3O2/c1-28-22-6-2-4-20(16-22)14-12-18-8-10-19(11-9-18)13-15-21-5-3-7-23(17-21)29-24(25,26)27/h2-11,16-17H,1H3. The molecule has 0 aliphatic rings. The molecule has 0 spiro atoms. The van der Waals surface area contributed by atoms with Crippen LogP contribution in [0.2, 0.25) is 0 Å². The molecule has 0 amide bonds. The van der Waals surface area contributed by atoms with Crippen molar-refractivity contribution in [1.29, 1.82) is 0 Å². The lowest BCUT2D eigenvalue weighted by Crippen LogP contribution is -2.17. The number of halogens is 3. The average Bonchev–Trinajstić information content (AvgIpc) is 2.71. The Morgan fingerprint density at radius 2 is 1.07 bits per heavy atom. The summed E-state index contributed by atoms with van der Waals surface area (Å²) >= 11 is 0. The molecule has 0 aromatic heterocycles. The molecule has 0 atom stereocenters. The molecule has 0 unspecified atom stereocenters. The molecular formula is C24H15F3O2. The van der Waals surface area contributed by atoms with Crippen LogP contribution >= 0.6 is 0 Å². The Balaban J connectivity index is 1.71. The Morgan fingerprint density at radius 3 is 1.55 bits per heavy atom. The van der Waals surface area contributed by atoms with Gasteiger partial charge in [-0.05, 0) is 60.7 Å². The molecule has 0 saturated carbocycles. The highest BCUT2D eigenvalue weighted by Gasteiger charge is 2.31. The summed E-state index contributed by atoms with van der Waals surface area (Å²) in [6, 6.07) is 20.3. The van der Waals surface area contributed by atoms with Gasteiger partial charge in [0.1, 0.15) is 11.5 Å². The van der Waals surface area contributed by atoms with Crippen molar-refractivity contribution in [2.45, 2.75) is 6.36 Å². The third kappa shape index (κ3) is 6.37. The zero-order chi connectivity index (χ0) is 20.7. The highest BCUT2D eigenvalue weighted by atomic mass is 19.4. The minimum Gasteiger partial charge on any atom is -0.497 e. The Hall–Kier alpha value is -3.83. The maximum Gasteiger partial charge on any atom is 0.573 e.